The first-order valence-electron chi connectivity index (χ1n) is 8.54. The minimum atomic E-state index is 0.0323. The molecule has 1 saturated carbocycles. The summed E-state index contributed by atoms with van der Waals surface area (Å²) in [6, 6.07) is 15.7. The van der Waals surface area contributed by atoms with Crippen molar-refractivity contribution < 1.29 is 14.3 Å². The number of para-hydroxylation sites is 1. The highest BCUT2D eigenvalue weighted by molar-refractivity contribution is 8.18. The van der Waals surface area contributed by atoms with Crippen molar-refractivity contribution in [2.45, 2.75) is 18.9 Å². The van der Waals surface area contributed by atoms with Crippen molar-refractivity contribution in [3.63, 3.8) is 0 Å². The molecule has 2 aromatic carbocycles. The summed E-state index contributed by atoms with van der Waals surface area (Å²) in [7, 11) is 0. The second kappa shape index (κ2) is 6.21. The number of rotatable bonds is 3. The highest BCUT2D eigenvalue weighted by atomic mass is 32.2. The first-order chi connectivity index (χ1) is 12.8. The van der Waals surface area contributed by atoms with E-state index >= 15 is 0 Å². The van der Waals surface area contributed by atoms with Gasteiger partial charge in [0.1, 0.15) is 0 Å². The van der Waals surface area contributed by atoms with Crippen LogP contribution in [0, 0.1) is 0 Å². The van der Waals surface area contributed by atoms with Crippen LogP contribution in [0.1, 0.15) is 18.4 Å². The molecule has 5 rings (SSSR count). The number of aliphatic imine (C=N–C) groups is 1. The topological polar surface area (TPSA) is 51.1 Å². The van der Waals surface area contributed by atoms with Gasteiger partial charge in [-0.2, -0.15) is 0 Å². The van der Waals surface area contributed by atoms with Crippen molar-refractivity contribution in [3.05, 3.63) is 59.0 Å². The lowest BCUT2D eigenvalue weighted by Crippen LogP contribution is -2.31. The Kier molecular flexibility index (Phi) is 3.71. The molecule has 2 heterocycles. The van der Waals surface area contributed by atoms with Crippen LogP contribution in [0.2, 0.25) is 0 Å². The molecule has 0 aromatic heterocycles. The Hall–Kier alpha value is -2.73. The fourth-order valence-corrected chi connectivity index (χ4v) is 4.05. The maximum absolute atomic E-state index is 12.9. The SMILES string of the molecule is O=C1C(=Cc2ccc3c(c2)OCO3)SC(=Nc2ccccc2)N1C1CC1. The predicted octanol–water partition coefficient (Wildman–Crippen LogP) is 4.18. The lowest BCUT2D eigenvalue weighted by molar-refractivity contribution is -0.122. The van der Waals surface area contributed by atoms with Crippen LogP contribution in [0.3, 0.4) is 0 Å². The van der Waals surface area contributed by atoms with Crippen molar-refractivity contribution in [2.75, 3.05) is 6.79 Å². The Bertz CT molecular complexity index is 935. The molecule has 1 aliphatic carbocycles. The second-order valence-corrected chi connectivity index (χ2v) is 7.37. The van der Waals surface area contributed by atoms with Crippen LogP contribution in [-0.2, 0) is 4.79 Å². The third kappa shape index (κ3) is 2.86. The van der Waals surface area contributed by atoms with Crippen LogP contribution in [0.25, 0.3) is 6.08 Å². The van der Waals surface area contributed by atoms with E-state index in [2.05, 4.69) is 0 Å². The number of thioether (sulfide) groups is 1. The summed E-state index contributed by atoms with van der Waals surface area (Å²) < 4.78 is 10.8. The third-order valence-electron chi connectivity index (χ3n) is 4.42. The van der Waals surface area contributed by atoms with Gasteiger partial charge in [0, 0.05) is 6.04 Å². The monoisotopic (exact) mass is 364 g/mol. The van der Waals surface area contributed by atoms with Crippen molar-refractivity contribution in [1.29, 1.82) is 0 Å². The number of fused-ring (bicyclic) bond motifs is 1. The van der Waals surface area contributed by atoms with Crippen molar-refractivity contribution >= 4 is 34.6 Å². The number of amidine groups is 1. The van der Waals surface area contributed by atoms with E-state index in [-0.39, 0.29) is 18.7 Å². The molecule has 2 aliphatic heterocycles. The molecule has 0 radical (unpaired) electrons. The second-order valence-electron chi connectivity index (χ2n) is 6.36. The van der Waals surface area contributed by atoms with E-state index in [9.17, 15) is 4.79 Å². The van der Waals surface area contributed by atoms with Crippen LogP contribution in [0.4, 0.5) is 5.69 Å². The zero-order valence-electron chi connectivity index (χ0n) is 13.9. The number of carbonyl (C=O) groups is 1. The van der Waals surface area contributed by atoms with Crippen molar-refractivity contribution in [2.24, 2.45) is 4.99 Å². The first-order valence-corrected chi connectivity index (χ1v) is 9.36. The number of ether oxygens (including phenoxy) is 2. The van der Waals surface area contributed by atoms with Crippen LogP contribution < -0.4 is 9.47 Å². The highest BCUT2D eigenvalue weighted by Gasteiger charge is 2.43. The molecule has 130 valence electrons. The van der Waals surface area contributed by atoms with Gasteiger partial charge in [-0.3, -0.25) is 9.69 Å². The van der Waals surface area contributed by atoms with E-state index in [4.69, 9.17) is 14.5 Å². The molecule has 5 nitrogen and oxygen atoms in total. The van der Waals surface area contributed by atoms with Gasteiger partial charge in [-0.25, -0.2) is 4.99 Å². The number of hydrogen-bond donors (Lipinski definition) is 0. The summed E-state index contributed by atoms with van der Waals surface area (Å²) in [5.41, 5.74) is 1.78. The Morgan fingerprint density at radius 2 is 1.88 bits per heavy atom. The van der Waals surface area contributed by atoms with E-state index in [1.165, 1.54) is 11.8 Å². The number of nitrogens with zero attached hydrogens (tertiary/aromatic N) is 2. The van der Waals surface area contributed by atoms with Gasteiger partial charge in [-0.05, 0) is 60.5 Å². The lowest BCUT2D eigenvalue weighted by Gasteiger charge is -2.13. The maximum Gasteiger partial charge on any atom is 0.267 e. The molecule has 6 heteroatoms. The van der Waals surface area contributed by atoms with Gasteiger partial charge in [-0.15, -0.1) is 0 Å². The Morgan fingerprint density at radius 1 is 1.08 bits per heavy atom. The highest BCUT2D eigenvalue weighted by Crippen LogP contribution is 2.41. The molecular weight excluding hydrogens is 348 g/mol. The summed E-state index contributed by atoms with van der Waals surface area (Å²) >= 11 is 1.43. The lowest BCUT2D eigenvalue weighted by atomic mass is 10.2. The molecule has 0 bridgehead atoms. The molecule has 2 aromatic rings. The number of amides is 1. The zero-order valence-corrected chi connectivity index (χ0v) is 14.7. The molecule has 1 saturated heterocycles. The molecule has 0 unspecified atom stereocenters. The fourth-order valence-electron chi connectivity index (χ4n) is 2.99. The Morgan fingerprint density at radius 3 is 2.69 bits per heavy atom. The third-order valence-corrected chi connectivity index (χ3v) is 5.41. The molecule has 26 heavy (non-hydrogen) atoms. The van der Waals surface area contributed by atoms with Crippen LogP contribution in [0.5, 0.6) is 11.5 Å². The Labute approximate surface area is 155 Å². The maximum atomic E-state index is 12.9. The van der Waals surface area contributed by atoms with E-state index in [0.29, 0.717) is 10.7 Å². The van der Waals surface area contributed by atoms with E-state index in [1.54, 1.807) is 0 Å². The quantitative estimate of drug-likeness (QED) is 0.767. The van der Waals surface area contributed by atoms with E-state index < -0.39 is 0 Å². The largest absolute Gasteiger partial charge is 0.454 e. The van der Waals surface area contributed by atoms with Gasteiger partial charge in [0.15, 0.2) is 16.7 Å². The van der Waals surface area contributed by atoms with E-state index in [1.807, 2.05) is 59.5 Å². The molecule has 0 N–H and O–H groups in total. The predicted molar refractivity (Wildman–Crippen MR) is 102 cm³/mol. The standard InChI is InChI=1S/C20H16N2O3S/c23-19-18(11-13-6-9-16-17(10-13)25-12-24-16)26-20(22(19)15-7-8-15)21-14-4-2-1-3-5-14/h1-6,9-11,15H,7-8,12H2. The molecule has 0 atom stereocenters. The van der Waals surface area contributed by atoms with Gasteiger partial charge >= 0.3 is 0 Å². The van der Waals surface area contributed by atoms with Gasteiger partial charge in [0.25, 0.3) is 5.91 Å². The fraction of sp³-hybridized carbons (Fsp3) is 0.200. The summed E-state index contributed by atoms with van der Waals surface area (Å²) in [6.45, 7) is 0.242. The number of hydrogen-bond acceptors (Lipinski definition) is 5. The smallest absolute Gasteiger partial charge is 0.267 e. The summed E-state index contributed by atoms with van der Waals surface area (Å²) in [5, 5.41) is 0.760. The first kappa shape index (κ1) is 15.5. The minimum absolute atomic E-state index is 0.0323. The number of benzene rings is 2. The van der Waals surface area contributed by atoms with Gasteiger partial charge in [0.05, 0.1) is 10.6 Å². The normalized spacial score (nSPS) is 21.8. The number of carbonyl (C=O) groups excluding carboxylic acids is 1. The minimum Gasteiger partial charge on any atom is -0.454 e. The summed E-state index contributed by atoms with van der Waals surface area (Å²) in [4.78, 5) is 20.2. The zero-order chi connectivity index (χ0) is 17.5. The average molecular weight is 364 g/mol. The van der Waals surface area contributed by atoms with E-state index in [0.717, 1.165) is 35.0 Å². The molecular formula is C20H16N2O3S. The molecule has 2 fully saturated rings. The molecule has 1 amide bonds. The summed E-state index contributed by atoms with van der Waals surface area (Å²) in [5.74, 6) is 1.49. The van der Waals surface area contributed by atoms with Crippen LogP contribution in [0.15, 0.2) is 58.4 Å². The van der Waals surface area contributed by atoms with Gasteiger partial charge < -0.3 is 9.47 Å². The van der Waals surface area contributed by atoms with Gasteiger partial charge in [-0.1, -0.05) is 24.3 Å². The van der Waals surface area contributed by atoms with Crippen LogP contribution >= 0.6 is 11.8 Å². The van der Waals surface area contributed by atoms with Crippen LogP contribution in [-0.4, -0.2) is 28.8 Å². The summed E-state index contributed by atoms with van der Waals surface area (Å²) in [6.07, 6.45) is 3.98. The average Bonchev–Trinajstić information content (AvgIpc) is 3.30. The van der Waals surface area contributed by atoms with Gasteiger partial charge in [0.2, 0.25) is 6.79 Å². The Balaban J connectivity index is 1.48. The van der Waals surface area contributed by atoms with Crippen molar-refractivity contribution in [1.82, 2.24) is 4.90 Å². The molecule has 0 spiro atoms. The van der Waals surface area contributed by atoms with Crippen molar-refractivity contribution in [3.8, 4) is 11.5 Å². The molecule has 3 aliphatic rings.